The Labute approximate surface area is 110 Å². The molecular formula is C13H15N3OS. The van der Waals surface area contributed by atoms with Crippen molar-refractivity contribution in [3.05, 3.63) is 46.2 Å². The van der Waals surface area contributed by atoms with Crippen molar-refractivity contribution in [3.8, 4) is 0 Å². The maximum absolute atomic E-state index is 11.3. The van der Waals surface area contributed by atoms with Gasteiger partial charge in [0.15, 0.2) is 0 Å². The van der Waals surface area contributed by atoms with E-state index in [1.807, 2.05) is 24.4 Å². The Hall–Kier alpha value is -2.01. The lowest BCUT2D eigenvalue weighted by atomic mass is 10.1. The zero-order chi connectivity index (χ0) is 13.1. The number of anilines is 2. The van der Waals surface area contributed by atoms with Crippen molar-refractivity contribution in [2.45, 2.75) is 13.0 Å². The Morgan fingerprint density at radius 3 is 2.78 bits per heavy atom. The standard InChI is InChI=1S/C13H15N3OS/c1-8(12-3-2-6-18-12)16-11-7-9(14)4-5-10(11)13(15)17/h2-8,16H,14H2,1H3,(H2,15,17). The third-order valence-electron chi connectivity index (χ3n) is 2.65. The maximum Gasteiger partial charge on any atom is 0.250 e. The van der Waals surface area contributed by atoms with E-state index in [1.165, 1.54) is 4.88 Å². The van der Waals surface area contributed by atoms with Gasteiger partial charge in [0.05, 0.1) is 11.6 Å². The van der Waals surface area contributed by atoms with Crippen LogP contribution in [0.15, 0.2) is 35.7 Å². The topological polar surface area (TPSA) is 81.1 Å². The third-order valence-corrected chi connectivity index (χ3v) is 3.71. The number of carbonyl (C=O) groups is 1. The van der Waals surface area contributed by atoms with Gasteiger partial charge in [-0.2, -0.15) is 0 Å². The van der Waals surface area contributed by atoms with E-state index in [1.54, 1.807) is 29.5 Å². The normalized spacial score (nSPS) is 12.1. The molecule has 0 aliphatic rings. The van der Waals surface area contributed by atoms with Gasteiger partial charge in [0.2, 0.25) is 0 Å². The molecule has 1 heterocycles. The van der Waals surface area contributed by atoms with Gasteiger partial charge in [-0.15, -0.1) is 11.3 Å². The summed E-state index contributed by atoms with van der Waals surface area (Å²) in [6, 6.07) is 9.17. The van der Waals surface area contributed by atoms with E-state index in [-0.39, 0.29) is 6.04 Å². The predicted octanol–water partition coefficient (Wildman–Crippen LogP) is 2.60. The molecule has 2 aromatic rings. The van der Waals surface area contributed by atoms with Crippen LogP contribution in [0.5, 0.6) is 0 Å². The molecule has 0 aliphatic heterocycles. The largest absolute Gasteiger partial charge is 0.399 e. The van der Waals surface area contributed by atoms with Gasteiger partial charge in [-0.3, -0.25) is 4.79 Å². The quantitative estimate of drug-likeness (QED) is 0.740. The van der Waals surface area contributed by atoms with E-state index in [9.17, 15) is 4.79 Å². The van der Waals surface area contributed by atoms with E-state index < -0.39 is 5.91 Å². The molecule has 1 atom stereocenters. The molecule has 1 aromatic heterocycles. The number of nitrogens with one attached hydrogen (secondary N) is 1. The number of amides is 1. The maximum atomic E-state index is 11.3. The summed E-state index contributed by atoms with van der Waals surface area (Å²) in [5, 5.41) is 5.28. The summed E-state index contributed by atoms with van der Waals surface area (Å²) < 4.78 is 0. The highest BCUT2D eigenvalue weighted by Gasteiger charge is 2.12. The van der Waals surface area contributed by atoms with Crippen molar-refractivity contribution >= 4 is 28.6 Å². The van der Waals surface area contributed by atoms with Gasteiger partial charge in [-0.25, -0.2) is 0 Å². The average Bonchev–Trinajstić information content (AvgIpc) is 2.81. The smallest absolute Gasteiger partial charge is 0.250 e. The second kappa shape index (κ2) is 5.10. The fourth-order valence-electron chi connectivity index (χ4n) is 1.74. The molecule has 1 unspecified atom stereocenters. The Bertz CT molecular complexity index is 551. The average molecular weight is 261 g/mol. The molecule has 5 N–H and O–H groups in total. The minimum absolute atomic E-state index is 0.102. The molecular weight excluding hydrogens is 246 g/mol. The van der Waals surface area contributed by atoms with Gasteiger partial charge in [-0.05, 0) is 36.6 Å². The van der Waals surface area contributed by atoms with E-state index >= 15 is 0 Å². The van der Waals surface area contributed by atoms with E-state index in [0.29, 0.717) is 16.9 Å². The number of benzene rings is 1. The van der Waals surface area contributed by atoms with E-state index in [4.69, 9.17) is 11.5 Å². The zero-order valence-electron chi connectivity index (χ0n) is 10.0. The molecule has 0 fully saturated rings. The molecule has 1 aromatic carbocycles. The van der Waals surface area contributed by atoms with Crippen LogP contribution in [0.3, 0.4) is 0 Å². The third kappa shape index (κ3) is 2.62. The van der Waals surface area contributed by atoms with Crippen LogP contribution in [0, 0.1) is 0 Å². The van der Waals surface area contributed by atoms with Gasteiger partial charge in [0.1, 0.15) is 0 Å². The van der Waals surface area contributed by atoms with Crippen molar-refractivity contribution in [2.24, 2.45) is 5.73 Å². The van der Waals surface area contributed by atoms with Gasteiger partial charge >= 0.3 is 0 Å². The number of primary amides is 1. The molecule has 0 radical (unpaired) electrons. The molecule has 18 heavy (non-hydrogen) atoms. The van der Waals surface area contributed by atoms with Crippen LogP contribution in [0.2, 0.25) is 0 Å². The van der Waals surface area contributed by atoms with Crippen molar-refractivity contribution in [2.75, 3.05) is 11.1 Å². The van der Waals surface area contributed by atoms with Crippen LogP contribution in [0.1, 0.15) is 28.2 Å². The molecule has 94 valence electrons. The van der Waals surface area contributed by atoms with Crippen molar-refractivity contribution < 1.29 is 4.79 Å². The minimum Gasteiger partial charge on any atom is -0.399 e. The first-order valence-electron chi connectivity index (χ1n) is 5.57. The van der Waals surface area contributed by atoms with Crippen LogP contribution < -0.4 is 16.8 Å². The lowest BCUT2D eigenvalue weighted by molar-refractivity contribution is 0.100. The van der Waals surface area contributed by atoms with Crippen LogP contribution in [-0.2, 0) is 0 Å². The summed E-state index contributed by atoms with van der Waals surface area (Å²) in [6.07, 6.45) is 0. The van der Waals surface area contributed by atoms with Crippen molar-refractivity contribution in [1.29, 1.82) is 0 Å². The number of nitrogen functional groups attached to an aromatic ring is 1. The van der Waals surface area contributed by atoms with Gasteiger partial charge in [-0.1, -0.05) is 6.07 Å². The Kier molecular flexibility index (Phi) is 3.53. The molecule has 0 saturated carbocycles. The van der Waals surface area contributed by atoms with Crippen molar-refractivity contribution in [1.82, 2.24) is 0 Å². The number of hydrogen-bond acceptors (Lipinski definition) is 4. The summed E-state index contributed by atoms with van der Waals surface area (Å²) in [6.45, 7) is 2.03. The first-order valence-corrected chi connectivity index (χ1v) is 6.45. The molecule has 5 heteroatoms. The first-order chi connectivity index (χ1) is 8.58. The molecule has 2 rings (SSSR count). The second-order valence-corrected chi connectivity index (χ2v) is 5.03. The summed E-state index contributed by atoms with van der Waals surface area (Å²) in [5.41, 5.74) is 12.8. The van der Waals surface area contributed by atoms with Crippen LogP contribution in [-0.4, -0.2) is 5.91 Å². The molecule has 0 aliphatic carbocycles. The van der Waals surface area contributed by atoms with Crippen LogP contribution >= 0.6 is 11.3 Å². The Morgan fingerprint density at radius 2 is 2.17 bits per heavy atom. The number of rotatable bonds is 4. The fraction of sp³-hybridized carbons (Fsp3) is 0.154. The summed E-state index contributed by atoms with van der Waals surface area (Å²) in [7, 11) is 0. The predicted molar refractivity (Wildman–Crippen MR) is 75.7 cm³/mol. The highest BCUT2D eigenvalue weighted by atomic mass is 32.1. The van der Waals surface area contributed by atoms with Gasteiger partial charge < -0.3 is 16.8 Å². The second-order valence-electron chi connectivity index (χ2n) is 4.05. The summed E-state index contributed by atoms with van der Waals surface area (Å²) in [5.74, 6) is -0.462. The summed E-state index contributed by atoms with van der Waals surface area (Å²) in [4.78, 5) is 12.5. The molecule has 4 nitrogen and oxygen atoms in total. The van der Waals surface area contributed by atoms with E-state index in [2.05, 4.69) is 5.32 Å². The van der Waals surface area contributed by atoms with Crippen LogP contribution in [0.25, 0.3) is 0 Å². The Morgan fingerprint density at radius 1 is 1.39 bits per heavy atom. The molecule has 0 saturated heterocycles. The molecule has 0 bridgehead atoms. The number of hydrogen-bond donors (Lipinski definition) is 3. The van der Waals surface area contributed by atoms with Crippen molar-refractivity contribution in [3.63, 3.8) is 0 Å². The SMILES string of the molecule is CC(Nc1cc(N)ccc1C(N)=O)c1cccs1. The van der Waals surface area contributed by atoms with Crippen LogP contribution in [0.4, 0.5) is 11.4 Å². The lowest BCUT2D eigenvalue weighted by Crippen LogP contribution is -2.16. The number of thiophene rings is 1. The van der Waals surface area contributed by atoms with Gasteiger partial charge in [0, 0.05) is 16.3 Å². The zero-order valence-corrected chi connectivity index (χ0v) is 10.8. The Balaban J connectivity index is 2.28. The highest BCUT2D eigenvalue weighted by molar-refractivity contribution is 7.10. The summed E-state index contributed by atoms with van der Waals surface area (Å²) >= 11 is 1.66. The monoisotopic (exact) mass is 261 g/mol. The lowest BCUT2D eigenvalue weighted by Gasteiger charge is -2.16. The fourth-order valence-corrected chi connectivity index (χ4v) is 2.47. The number of nitrogens with two attached hydrogens (primary N) is 2. The highest BCUT2D eigenvalue weighted by Crippen LogP contribution is 2.26. The van der Waals surface area contributed by atoms with Gasteiger partial charge in [0.25, 0.3) is 5.91 Å². The molecule has 0 spiro atoms. The molecule has 1 amide bonds. The first kappa shape index (κ1) is 12.4. The van der Waals surface area contributed by atoms with E-state index in [0.717, 1.165) is 0 Å². The number of carbonyl (C=O) groups excluding carboxylic acids is 1. The minimum atomic E-state index is -0.462.